The van der Waals surface area contributed by atoms with Crippen LogP contribution in [0.3, 0.4) is 0 Å². The molecule has 1 aliphatic heterocycles. The average Bonchev–Trinajstić information content (AvgIpc) is 3.08. The van der Waals surface area contributed by atoms with Gasteiger partial charge in [0.2, 0.25) is 5.91 Å². The number of hydrogen-bond acceptors (Lipinski definition) is 4. The minimum Gasteiger partial charge on any atom is -0.309 e. The summed E-state index contributed by atoms with van der Waals surface area (Å²) < 4.78 is 91.4. The van der Waals surface area contributed by atoms with E-state index >= 15 is 0 Å². The van der Waals surface area contributed by atoms with E-state index in [4.69, 9.17) is 0 Å². The molecule has 0 unspecified atom stereocenters. The molecular weight excluding hydrogens is 475 g/mol. The highest BCUT2D eigenvalue weighted by molar-refractivity contribution is 5.99. The molecule has 184 valence electrons. The first-order valence-electron chi connectivity index (χ1n) is 9.89. The van der Waals surface area contributed by atoms with E-state index in [0.29, 0.717) is 18.2 Å². The van der Waals surface area contributed by atoms with E-state index in [2.05, 4.69) is 15.3 Å². The second kappa shape index (κ2) is 9.43. The van der Waals surface area contributed by atoms with Crippen LogP contribution in [-0.4, -0.2) is 52.1 Å². The van der Waals surface area contributed by atoms with Gasteiger partial charge in [-0.05, 0) is 30.7 Å². The number of amides is 3. The van der Waals surface area contributed by atoms with Crippen molar-refractivity contribution in [1.82, 2.24) is 14.9 Å². The second-order valence-corrected chi connectivity index (χ2v) is 7.39. The molecule has 0 radical (unpaired) electrons. The molecule has 3 rings (SSSR count). The third-order valence-corrected chi connectivity index (χ3v) is 5.07. The predicted octanol–water partition coefficient (Wildman–Crippen LogP) is 4.51. The number of rotatable bonds is 6. The smallest absolute Gasteiger partial charge is 0.309 e. The van der Waals surface area contributed by atoms with Gasteiger partial charge in [0.15, 0.2) is 0 Å². The maximum absolute atomic E-state index is 14.6. The maximum atomic E-state index is 14.6. The highest BCUT2D eigenvalue weighted by Crippen LogP contribution is 2.32. The lowest BCUT2D eigenvalue weighted by molar-refractivity contribution is -0.141. The van der Waals surface area contributed by atoms with Crippen molar-refractivity contribution >= 4 is 23.4 Å². The Kier molecular flexibility index (Phi) is 6.98. The van der Waals surface area contributed by atoms with Crippen LogP contribution in [0.15, 0.2) is 36.7 Å². The molecule has 7 nitrogen and oxygen atoms in total. The van der Waals surface area contributed by atoms with Gasteiger partial charge in [-0.2, -0.15) is 26.3 Å². The first kappa shape index (κ1) is 25.2. The molecule has 14 heteroatoms. The molecule has 0 spiro atoms. The Labute approximate surface area is 188 Å². The van der Waals surface area contributed by atoms with Crippen LogP contribution in [0.2, 0.25) is 0 Å². The van der Waals surface area contributed by atoms with E-state index in [-0.39, 0.29) is 18.7 Å². The molecule has 1 aliphatic rings. The molecule has 3 heterocycles. The number of nitrogens with one attached hydrogen (secondary N) is 1. The first-order chi connectivity index (χ1) is 15.8. The van der Waals surface area contributed by atoms with Crippen LogP contribution >= 0.6 is 0 Å². The molecule has 0 saturated carbocycles. The molecular formula is C20H18F7N5O2. The summed E-state index contributed by atoms with van der Waals surface area (Å²) in [4.78, 5) is 34.1. The minimum absolute atomic E-state index is 0.0235. The number of anilines is 2. The largest absolute Gasteiger partial charge is 0.433 e. The van der Waals surface area contributed by atoms with Crippen molar-refractivity contribution in [3.63, 3.8) is 0 Å². The monoisotopic (exact) mass is 493 g/mol. The summed E-state index contributed by atoms with van der Waals surface area (Å²) in [6.07, 6.45) is -9.30. The molecule has 3 amide bonds. The van der Waals surface area contributed by atoms with E-state index in [0.717, 1.165) is 28.3 Å². The van der Waals surface area contributed by atoms with Gasteiger partial charge in [0, 0.05) is 6.20 Å². The fraction of sp³-hybridized carbons (Fsp3) is 0.400. The van der Waals surface area contributed by atoms with Crippen LogP contribution in [0.4, 0.5) is 47.0 Å². The molecule has 0 bridgehead atoms. The molecule has 2 aromatic heterocycles. The molecule has 0 aromatic carbocycles. The number of aromatic nitrogens is 2. The van der Waals surface area contributed by atoms with E-state index < -0.39 is 60.1 Å². The molecule has 2 aromatic rings. The third kappa shape index (κ3) is 5.54. The zero-order valence-corrected chi connectivity index (χ0v) is 17.5. The van der Waals surface area contributed by atoms with Gasteiger partial charge in [-0.25, -0.2) is 19.2 Å². The van der Waals surface area contributed by atoms with Gasteiger partial charge in [-0.3, -0.25) is 9.69 Å². The number of urea groups is 1. The molecule has 0 aliphatic carbocycles. The second-order valence-electron chi connectivity index (χ2n) is 7.39. The lowest BCUT2D eigenvalue weighted by Gasteiger charge is -2.24. The minimum atomic E-state index is -4.69. The van der Waals surface area contributed by atoms with E-state index in [9.17, 15) is 40.3 Å². The van der Waals surface area contributed by atoms with Crippen molar-refractivity contribution in [3.05, 3.63) is 47.9 Å². The normalized spacial score (nSPS) is 17.8. The Morgan fingerprint density at radius 1 is 1.15 bits per heavy atom. The summed E-state index contributed by atoms with van der Waals surface area (Å²) in [6.45, 7) is 0.519. The van der Waals surface area contributed by atoms with Crippen molar-refractivity contribution in [2.45, 2.75) is 37.9 Å². The van der Waals surface area contributed by atoms with Crippen molar-refractivity contribution in [3.8, 4) is 0 Å². The van der Waals surface area contributed by atoms with Crippen molar-refractivity contribution in [2.24, 2.45) is 0 Å². The Morgan fingerprint density at radius 2 is 1.85 bits per heavy atom. The maximum Gasteiger partial charge on any atom is 0.433 e. The van der Waals surface area contributed by atoms with E-state index in [1.807, 2.05) is 0 Å². The van der Waals surface area contributed by atoms with Crippen LogP contribution in [-0.2, 0) is 17.1 Å². The lowest BCUT2D eigenvalue weighted by atomic mass is 10.1. The number of pyridine rings is 2. The van der Waals surface area contributed by atoms with E-state index in [1.165, 1.54) is 6.92 Å². The topological polar surface area (TPSA) is 78.4 Å². The van der Waals surface area contributed by atoms with Gasteiger partial charge < -0.3 is 10.2 Å². The fourth-order valence-electron chi connectivity index (χ4n) is 3.37. The van der Waals surface area contributed by atoms with Gasteiger partial charge in [0.05, 0.1) is 30.0 Å². The lowest BCUT2D eigenvalue weighted by Crippen LogP contribution is -2.44. The number of nitrogens with zero attached hydrogens (tertiary/aromatic N) is 4. The van der Waals surface area contributed by atoms with Crippen LogP contribution in [0.25, 0.3) is 0 Å². The highest BCUT2D eigenvalue weighted by Gasteiger charge is 2.43. The first-order valence-corrected chi connectivity index (χ1v) is 9.89. The summed E-state index contributed by atoms with van der Waals surface area (Å²) in [7, 11) is 0. The number of halogens is 7. The van der Waals surface area contributed by atoms with Crippen molar-refractivity contribution in [2.75, 3.05) is 23.3 Å². The molecule has 1 fully saturated rings. The van der Waals surface area contributed by atoms with Gasteiger partial charge in [0.25, 0.3) is 0 Å². The molecule has 34 heavy (non-hydrogen) atoms. The summed E-state index contributed by atoms with van der Waals surface area (Å²) in [5.74, 6) is -1.35. The Bertz CT molecular complexity index is 1040. The van der Waals surface area contributed by atoms with Crippen molar-refractivity contribution < 1.29 is 40.3 Å². The zero-order chi connectivity index (χ0) is 25.3. The molecule has 2 atom stereocenters. The Morgan fingerprint density at radius 3 is 2.41 bits per heavy atom. The van der Waals surface area contributed by atoms with Crippen LogP contribution < -0.4 is 10.2 Å². The number of carbonyl (C=O) groups is 2. The highest BCUT2D eigenvalue weighted by atomic mass is 19.4. The Balaban J connectivity index is 1.78. The SMILES string of the molecule is CC[C@H](F)[C@H]1CN(c2ccc(C(F)(F)F)nc2)C(=O)N1CC(=O)Nc1cc(C(F)(F)F)ccn1. The number of hydrogen-bond donors (Lipinski definition) is 1. The van der Waals surface area contributed by atoms with Crippen LogP contribution in [0.1, 0.15) is 24.6 Å². The summed E-state index contributed by atoms with van der Waals surface area (Å²) in [5.41, 5.74) is -2.27. The zero-order valence-electron chi connectivity index (χ0n) is 17.5. The third-order valence-electron chi connectivity index (χ3n) is 5.07. The van der Waals surface area contributed by atoms with Gasteiger partial charge in [-0.15, -0.1) is 0 Å². The summed E-state index contributed by atoms with van der Waals surface area (Å²) in [6, 6.07) is 0.986. The average molecular weight is 493 g/mol. The van der Waals surface area contributed by atoms with Crippen LogP contribution in [0, 0.1) is 0 Å². The fourth-order valence-corrected chi connectivity index (χ4v) is 3.37. The van der Waals surface area contributed by atoms with Gasteiger partial charge in [0.1, 0.15) is 24.2 Å². The molecule has 1 N–H and O–H groups in total. The number of carbonyl (C=O) groups excluding carboxylic acids is 2. The summed E-state index contributed by atoms with van der Waals surface area (Å²) in [5, 5.41) is 2.14. The van der Waals surface area contributed by atoms with Gasteiger partial charge >= 0.3 is 18.4 Å². The quantitative estimate of drug-likeness (QED) is 0.601. The van der Waals surface area contributed by atoms with Gasteiger partial charge in [-0.1, -0.05) is 6.92 Å². The predicted molar refractivity (Wildman–Crippen MR) is 106 cm³/mol. The standard InChI is InChI=1S/C20H18F7N5O2/c1-2-13(21)14-9-31(12-3-4-15(29-8-12)20(25,26)27)18(34)32(14)10-17(33)30-16-7-11(5-6-28-16)19(22,23)24/h3-8,13-14H,2,9-10H2,1H3,(H,28,30,33)/t13-,14+/m0/s1. The van der Waals surface area contributed by atoms with Crippen LogP contribution in [0.5, 0.6) is 0 Å². The van der Waals surface area contributed by atoms with E-state index in [1.54, 1.807) is 0 Å². The number of alkyl halides is 7. The van der Waals surface area contributed by atoms with Crippen molar-refractivity contribution in [1.29, 1.82) is 0 Å². The summed E-state index contributed by atoms with van der Waals surface area (Å²) >= 11 is 0. The Hall–Kier alpha value is -3.45. The molecule has 1 saturated heterocycles.